The number of imide groups is 1. The number of hydrogen-bond donors (Lipinski definition) is 0. The molecule has 0 N–H and O–H groups in total. The van der Waals surface area contributed by atoms with Gasteiger partial charge in [0.05, 0.1) is 5.69 Å². The summed E-state index contributed by atoms with van der Waals surface area (Å²) in [6.45, 7) is 15.5. The van der Waals surface area contributed by atoms with Crippen LogP contribution in [0, 0.1) is 6.92 Å². The van der Waals surface area contributed by atoms with E-state index in [1.807, 2.05) is 0 Å². The van der Waals surface area contributed by atoms with E-state index in [0.29, 0.717) is 11.5 Å². The minimum Gasteiger partial charge on any atom is -0.443 e. The molecule has 7 nitrogen and oxygen atoms in total. The van der Waals surface area contributed by atoms with Crippen molar-refractivity contribution in [3.05, 3.63) is 24.2 Å². The second-order valence-electron chi connectivity index (χ2n) is 7.20. The molecule has 24 heavy (non-hydrogen) atoms. The molecule has 0 bridgehead atoms. The molecule has 1 aromatic heterocycles. The lowest BCUT2D eigenvalue weighted by Crippen LogP contribution is -2.44. The molecule has 0 aliphatic heterocycles. The molecule has 0 aliphatic carbocycles. The van der Waals surface area contributed by atoms with E-state index in [4.69, 9.17) is 9.47 Å². The molecule has 0 aliphatic rings. The van der Waals surface area contributed by atoms with Gasteiger partial charge in [0.1, 0.15) is 17.0 Å². The number of carbonyl (C=O) groups excluding carboxylic acids is 2. The standard InChI is InChI=1S/C17H25N3O4/c1-9-12-10-13(19-11(2)18-12)20(14(21)23-16(3,4)5)15(22)24-17(6,7)8/h9-10H,1H2,2-8H3. The minimum absolute atomic E-state index is 0.0703. The molecule has 2 amide bonds. The Bertz CT molecular complexity index is 614. The van der Waals surface area contributed by atoms with Crippen LogP contribution in [0.4, 0.5) is 15.4 Å². The zero-order chi connectivity index (χ0) is 18.7. The van der Waals surface area contributed by atoms with Crippen LogP contribution in [0.5, 0.6) is 0 Å². The first kappa shape index (κ1) is 19.6. The van der Waals surface area contributed by atoms with Crippen molar-refractivity contribution in [1.82, 2.24) is 9.97 Å². The summed E-state index contributed by atoms with van der Waals surface area (Å²) < 4.78 is 10.6. The molecule has 0 spiro atoms. The van der Waals surface area contributed by atoms with Crippen molar-refractivity contribution in [1.29, 1.82) is 0 Å². The third-order valence-electron chi connectivity index (χ3n) is 2.43. The molecule has 0 unspecified atom stereocenters. The number of hydrogen-bond acceptors (Lipinski definition) is 6. The van der Waals surface area contributed by atoms with Gasteiger partial charge in [-0.05, 0) is 54.5 Å². The van der Waals surface area contributed by atoms with E-state index in [-0.39, 0.29) is 5.82 Å². The highest BCUT2D eigenvalue weighted by atomic mass is 16.6. The van der Waals surface area contributed by atoms with E-state index in [2.05, 4.69) is 16.5 Å². The van der Waals surface area contributed by atoms with Crippen LogP contribution in [-0.2, 0) is 9.47 Å². The van der Waals surface area contributed by atoms with Gasteiger partial charge in [0.15, 0.2) is 5.82 Å². The number of aromatic nitrogens is 2. The van der Waals surface area contributed by atoms with Crippen molar-refractivity contribution >= 4 is 24.1 Å². The third-order valence-corrected chi connectivity index (χ3v) is 2.43. The predicted molar refractivity (Wildman–Crippen MR) is 91.8 cm³/mol. The summed E-state index contributed by atoms with van der Waals surface area (Å²) in [6.07, 6.45) is -0.240. The normalized spacial score (nSPS) is 11.6. The quantitative estimate of drug-likeness (QED) is 0.809. The average Bonchev–Trinajstić information content (AvgIpc) is 2.33. The highest BCUT2D eigenvalue weighted by Crippen LogP contribution is 2.21. The molecule has 1 rings (SSSR count). The molecular formula is C17H25N3O4. The van der Waals surface area contributed by atoms with Gasteiger partial charge in [-0.15, -0.1) is 0 Å². The van der Waals surface area contributed by atoms with E-state index in [1.165, 1.54) is 12.1 Å². The second kappa shape index (κ2) is 6.98. The van der Waals surface area contributed by atoms with Crippen LogP contribution in [0.1, 0.15) is 53.1 Å². The number of anilines is 1. The van der Waals surface area contributed by atoms with Gasteiger partial charge in [0.2, 0.25) is 0 Å². The molecule has 1 heterocycles. The maximum Gasteiger partial charge on any atom is 0.425 e. The monoisotopic (exact) mass is 335 g/mol. The summed E-state index contributed by atoms with van der Waals surface area (Å²) in [5, 5.41) is 0. The van der Waals surface area contributed by atoms with Gasteiger partial charge in [-0.2, -0.15) is 4.90 Å². The largest absolute Gasteiger partial charge is 0.443 e. The third kappa shape index (κ3) is 5.98. The molecule has 0 atom stereocenters. The van der Waals surface area contributed by atoms with E-state index in [0.717, 1.165) is 4.90 Å². The van der Waals surface area contributed by atoms with Gasteiger partial charge in [-0.1, -0.05) is 6.58 Å². The van der Waals surface area contributed by atoms with Crippen molar-refractivity contribution < 1.29 is 19.1 Å². The smallest absolute Gasteiger partial charge is 0.425 e. The number of rotatable bonds is 2. The van der Waals surface area contributed by atoms with Crippen LogP contribution in [0.3, 0.4) is 0 Å². The number of amides is 2. The van der Waals surface area contributed by atoms with E-state index in [1.54, 1.807) is 48.5 Å². The fourth-order valence-corrected chi connectivity index (χ4v) is 1.67. The maximum absolute atomic E-state index is 12.5. The second-order valence-corrected chi connectivity index (χ2v) is 7.20. The molecule has 7 heteroatoms. The summed E-state index contributed by atoms with van der Waals surface area (Å²) >= 11 is 0. The van der Waals surface area contributed by atoms with Crippen LogP contribution >= 0.6 is 0 Å². The van der Waals surface area contributed by atoms with E-state index < -0.39 is 23.4 Å². The van der Waals surface area contributed by atoms with Crippen LogP contribution in [0.15, 0.2) is 12.6 Å². The first-order chi connectivity index (χ1) is 10.8. The number of ether oxygens (including phenoxy) is 2. The summed E-state index contributed by atoms with van der Waals surface area (Å²) in [4.78, 5) is 34.1. The Morgan fingerprint density at radius 2 is 1.50 bits per heavy atom. The van der Waals surface area contributed by atoms with Crippen LogP contribution in [0.25, 0.3) is 6.08 Å². The summed E-state index contributed by atoms with van der Waals surface area (Å²) in [5.74, 6) is 0.459. The SMILES string of the molecule is C=Cc1cc(N(C(=O)OC(C)(C)C)C(=O)OC(C)(C)C)nc(C)n1. The molecule has 0 fully saturated rings. The molecule has 0 saturated carbocycles. The zero-order valence-electron chi connectivity index (χ0n) is 15.3. The molecule has 0 saturated heterocycles. The Balaban J connectivity index is 3.32. The highest BCUT2D eigenvalue weighted by molar-refractivity contribution is 6.08. The van der Waals surface area contributed by atoms with Crippen molar-refractivity contribution in [3.8, 4) is 0 Å². The lowest BCUT2D eigenvalue weighted by molar-refractivity contribution is 0.0429. The molecule has 0 aromatic carbocycles. The van der Waals surface area contributed by atoms with E-state index >= 15 is 0 Å². The van der Waals surface area contributed by atoms with E-state index in [9.17, 15) is 9.59 Å². The number of aryl methyl sites for hydroxylation is 1. The minimum atomic E-state index is -0.870. The Morgan fingerprint density at radius 3 is 1.88 bits per heavy atom. The average molecular weight is 335 g/mol. The van der Waals surface area contributed by atoms with Crippen molar-refractivity contribution in [2.75, 3.05) is 4.90 Å². The topological polar surface area (TPSA) is 81.6 Å². The first-order valence-corrected chi connectivity index (χ1v) is 7.56. The van der Waals surface area contributed by atoms with Crippen molar-refractivity contribution in [2.24, 2.45) is 0 Å². The van der Waals surface area contributed by atoms with Gasteiger partial charge < -0.3 is 9.47 Å². The molecule has 132 valence electrons. The fourth-order valence-electron chi connectivity index (χ4n) is 1.67. The Labute approximate surface area is 142 Å². The predicted octanol–water partition coefficient (Wildman–Crippen LogP) is 4.10. The fraction of sp³-hybridized carbons (Fsp3) is 0.529. The summed E-state index contributed by atoms with van der Waals surface area (Å²) in [7, 11) is 0. The highest BCUT2D eigenvalue weighted by Gasteiger charge is 2.33. The van der Waals surface area contributed by atoms with Crippen LogP contribution in [-0.4, -0.2) is 33.4 Å². The Kier molecular flexibility index (Phi) is 5.71. The van der Waals surface area contributed by atoms with Gasteiger partial charge in [0, 0.05) is 6.07 Å². The lowest BCUT2D eigenvalue weighted by atomic mass is 10.2. The summed E-state index contributed by atoms with van der Waals surface area (Å²) in [5.41, 5.74) is -1.07. The Morgan fingerprint density at radius 1 is 1.04 bits per heavy atom. The zero-order valence-corrected chi connectivity index (χ0v) is 15.3. The summed E-state index contributed by atoms with van der Waals surface area (Å²) in [6, 6.07) is 1.47. The van der Waals surface area contributed by atoms with Gasteiger partial charge in [-0.3, -0.25) is 0 Å². The van der Waals surface area contributed by atoms with Gasteiger partial charge in [-0.25, -0.2) is 19.6 Å². The van der Waals surface area contributed by atoms with Crippen molar-refractivity contribution in [2.45, 2.75) is 59.7 Å². The van der Waals surface area contributed by atoms with Crippen LogP contribution < -0.4 is 4.90 Å². The van der Waals surface area contributed by atoms with Gasteiger partial charge in [0.25, 0.3) is 0 Å². The van der Waals surface area contributed by atoms with Gasteiger partial charge >= 0.3 is 12.2 Å². The first-order valence-electron chi connectivity index (χ1n) is 7.56. The number of nitrogens with zero attached hydrogens (tertiary/aromatic N) is 3. The molecular weight excluding hydrogens is 310 g/mol. The number of carbonyl (C=O) groups is 2. The lowest BCUT2D eigenvalue weighted by Gasteiger charge is -2.28. The molecule has 1 aromatic rings. The van der Waals surface area contributed by atoms with Crippen molar-refractivity contribution in [3.63, 3.8) is 0 Å². The maximum atomic E-state index is 12.5. The van der Waals surface area contributed by atoms with Crippen LogP contribution in [0.2, 0.25) is 0 Å². The molecule has 0 radical (unpaired) electrons. The Hall–Kier alpha value is -2.44.